The number of hydrogen-bond donors (Lipinski definition) is 4. The maximum absolute atomic E-state index is 13.3. The summed E-state index contributed by atoms with van der Waals surface area (Å²) >= 11 is 0. The molecule has 1 aromatic heterocycles. The highest BCUT2D eigenvalue weighted by atomic mass is 16.4. The molecule has 1 atom stereocenters. The lowest BCUT2D eigenvalue weighted by atomic mass is 10.0. The number of aliphatic carboxylic acids is 1. The quantitative estimate of drug-likeness (QED) is 0.405. The molecule has 1 unspecified atom stereocenters. The van der Waals surface area contributed by atoms with Crippen LogP contribution in [-0.4, -0.2) is 51.8 Å². The van der Waals surface area contributed by atoms with Gasteiger partial charge in [-0.3, -0.25) is 24.4 Å². The van der Waals surface area contributed by atoms with Crippen LogP contribution in [0.5, 0.6) is 0 Å². The minimum atomic E-state index is -1.01. The molecule has 0 spiro atoms. The van der Waals surface area contributed by atoms with E-state index in [0.29, 0.717) is 28.3 Å². The molecule has 2 amide bonds. The molecule has 4 N–H and O–H groups in total. The van der Waals surface area contributed by atoms with Crippen molar-refractivity contribution in [1.82, 2.24) is 15.2 Å². The van der Waals surface area contributed by atoms with Gasteiger partial charge >= 0.3 is 5.97 Å². The van der Waals surface area contributed by atoms with Crippen molar-refractivity contribution in [2.75, 3.05) is 23.7 Å². The van der Waals surface area contributed by atoms with E-state index in [2.05, 4.69) is 25.9 Å². The Morgan fingerprint density at radius 2 is 1.92 bits per heavy atom. The predicted molar refractivity (Wildman–Crippen MR) is 134 cm³/mol. The second-order valence-electron chi connectivity index (χ2n) is 8.52. The Balaban J connectivity index is 1.29. The van der Waals surface area contributed by atoms with Crippen molar-refractivity contribution >= 4 is 35.1 Å². The van der Waals surface area contributed by atoms with Gasteiger partial charge in [-0.05, 0) is 53.6 Å². The summed E-state index contributed by atoms with van der Waals surface area (Å²) < 4.78 is 0. The molecule has 182 valence electrons. The van der Waals surface area contributed by atoms with E-state index in [1.807, 2.05) is 0 Å². The highest BCUT2D eigenvalue weighted by Gasteiger charge is 2.35. The number of aromatic nitrogens is 1. The molecule has 3 heterocycles. The number of amides is 2. The number of rotatable bonds is 7. The highest BCUT2D eigenvalue weighted by Crippen LogP contribution is 2.34. The Hall–Kier alpha value is -4.73. The second-order valence-corrected chi connectivity index (χ2v) is 8.52. The summed E-state index contributed by atoms with van der Waals surface area (Å²) in [7, 11) is 0. The first-order valence-corrected chi connectivity index (χ1v) is 11.5. The Labute approximate surface area is 207 Å². The Morgan fingerprint density at radius 3 is 2.61 bits per heavy atom. The SMILES string of the molecule is O=C(O)CC(c1cccnc1)N1Cc2ccc(NC(=O)c3ccc(NC4=NCCN4)cc3)cc2C1=O. The fourth-order valence-corrected chi connectivity index (χ4v) is 4.33. The number of pyridine rings is 1. The molecule has 2 aromatic carbocycles. The first-order valence-electron chi connectivity index (χ1n) is 11.5. The third-order valence-corrected chi connectivity index (χ3v) is 6.10. The van der Waals surface area contributed by atoms with Crippen LogP contribution in [0.2, 0.25) is 0 Å². The number of nitrogens with zero attached hydrogens (tertiary/aromatic N) is 3. The van der Waals surface area contributed by atoms with Gasteiger partial charge in [-0.25, -0.2) is 0 Å². The number of benzene rings is 2. The molecule has 0 saturated carbocycles. The van der Waals surface area contributed by atoms with E-state index >= 15 is 0 Å². The minimum absolute atomic E-state index is 0.233. The number of fused-ring (bicyclic) bond motifs is 1. The van der Waals surface area contributed by atoms with Crippen LogP contribution in [0.15, 0.2) is 72.0 Å². The Bertz CT molecular complexity index is 1340. The zero-order valence-corrected chi connectivity index (χ0v) is 19.3. The molecule has 10 heteroatoms. The maximum atomic E-state index is 13.3. The molecular formula is C26H24N6O4. The van der Waals surface area contributed by atoms with Crippen LogP contribution >= 0.6 is 0 Å². The average molecular weight is 485 g/mol. The van der Waals surface area contributed by atoms with Crippen LogP contribution in [-0.2, 0) is 11.3 Å². The molecule has 0 radical (unpaired) electrons. The Kier molecular flexibility index (Phi) is 6.31. The van der Waals surface area contributed by atoms with E-state index in [1.54, 1.807) is 67.0 Å². The number of carboxylic acid groups (broad SMARTS) is 1. The standard InChI is InChI=1S/C26H24N6O4/c33-23(34)13-22(17-2-1-9-27-14-17)32-15-18-5-8-20(12-21(18)25(32)36)30-24(35)16-3-6-19(7-4-16)31-26-28-10-11-29-26/h1-9,12,14,22H,10-11,13,15H2,(H,30,35)(H,33,34)(H2,28,29,31). The van der Waals surface area contributed by atoms with Crippen LogP contribution < -0.4 is 16.0 Å². The van der Waals surface area contributed by atoms with E-state index in [4.69, 9.17) is 0 Å². The molecule has 2 aliphatic rings. The topological polar surface area (TPSA) is 136 Å². The summed E-state index contributed by atoms with van der Waals surface area (Å²) in [5.41, 5.74) is 3.63. The number of carbonyl (C=O) groups is 3. The van der Waals surface area contributed by atoms with Crippen molar-refractivity contribution in [2.45, 2.75) is 19.0 Å². The van der Waals surface area contributed by atoms with Crippen LogP contribution in [0.25, 0.3) is 0 Å². The molecule has 5 rings (SSSR count). The number of carboxylic acids is 1. The molecule has 0 fully saturated rings. The zero-order valence-electron chi connectivity index (χ0n) is 19.3. The number of hydrogen-bond acceptors (Lipinski definition) is 7. The second kappa shape index (κ2) is 9.87. The minimum Gasteiger partial charge on any atom is -0.481 e. The largest absolute Gasteiger partial charge is 0.481 e. The van der Waals surface area contributed by atoms with Gasteiger partial charge in [0.05, 0.1) is 19.0 Å². The summed E-state index contributed by atoms with van der Waals surface area (Å²) in [4.78, 5) is 47.5. The van der Waals surface area contributed by atoms with Gasteiger partial charge in [-0.1, -0.05) is 12.1 Å². The van der Waals surface area contributed by atoms with E-state index in [0.717, 1.165) is 24.3 Å². The average Bonchev–Trinajstić information content (AvgIpc) is 3.51. The third kappa shape index (κ3) is 4.88. The van der Waals surface area contributed by atoms with Gasteiger partial charge in [0.15, 0.2) is 5.96 Å². The molecule has 2 aliphatic heterocycles. The van der Waals surface area contributed by atoms with Crippen LogP contribution in [0.1, 0.15) is 44.3 Å². The van der Waals surface area contributed by atoms with Gasteiger partial charge in [-0.15, -0.1) is 0 Å². The van der Waals surface area contributed by atoms with E-state index in [1.165, 1.54) is 4.90 Å². The lowest BCUT2D eigenvalue weighted by molar-refractivity contribution is -0.138. The summed E-state index contributed by atoms with van der Waals surface area (Å²) in [6.45, 7) is 1.81. The van der Waals surface area contributed by atoms with Gasteiger partial charge in [0.2, 0.25) is 0 Å². The summed E-state index contributed by atoms with van der Waals surface area (Å²) in [5.74, 6) is -0.887. The van der Waals surface area contributed by atoms with Crippen molar-refractivity contribution in [2.24, 2.45) is 4.99 Å². The smallest absolute Gasteiger partial charge is 0.305 e. The molecule has 0 aliphatic carbocycles. The first kappa shape index (κ1) is 23.0. The van der Waals surface area contributed by atoms with E-state index in [9.17, 15) is 19.5 Å². The number of carbonyl (C=O) groups excluding carboxylic acids is 2. The van der Waals surface area contributed by atoms with Gasteiger partial charge in [0.1, 0.15) is 0 Å². The van der Waals surface area contributed by atoms with Crippen molar-refractivity contribution < 1.29 is 19.5 Å². The fraction of sp³-hybridized carbons (Fsp3) is 0.192. The van der Waals surface area contributed by atoms with Crippen LogP contribution in [0.4, 0.5) is 11.4 Å². The van der Waals surface area contributed by atoms with Crippen molar-refractivity contribution in [3.8, 4) is 0 Å². The molecule has 0 bridgehead atoms. The number of anilines is 2. The molecule has 10 nitrogen and oxygen atoms in total. The number of nitrogens with one attached hydrogen (secondary N) is 3. The lowest BCUT2D eigenvalue weighted by Gasteiger charge is -2.26. The van der Waals surface area contributed by atoms with Gasteiger partial charge < -0.3 is 26.0 Å². The van der Waals surface area contributed by atoms with Crippen LogP contribution in [0, 0.1) is 0 Å². The zero-order chi connectivity index (χ0) is 25.1. The van der Waals surface area contributed by atoms with Crippen molar-refractivity contribution in [1.29, 1.82) is 0 Å². The highest BCUT2D eigenvalue weighted by molar-refractivity contribution is 6.06. The van der Waals surface area contributed by atoms with Gasteiger partial charge in [0.25, 0.3) is 11.8 Å². The fourth-order valence-electron chi connectivity index (χ4n) is 4.33. The number of guanidine groups is 1. The lowest BCUT2D eigenvalue weighted by Crippen LogP contribution is -2.31. The normalized spacial score (nSPS) is 15.1. The Morgan fingerprint density at radius 1 is 1.11 bits per heavy atom. The number of aliphatic imine (C=N–C) groups is 1. The van der Waals surface area contributed by atoms with Crippen molar-refractivity contribution in [3.05, 3.63) is 89.2 Å². The summed E-state index contributed by atoms with van der Waals surface area (Å²) in [6.07, 6.45) is 2.94. The summed E-state index contributed by atoms with van der Waals surface area (Å²) in [5, 5.41) is 18.5. The van der Waals surface area contributed by atoms with Gasteiger partial charge in [-0.2, -0.15) is 0 Å². The third-order valence-electron chi connectivity index (χ3n) is 6.10. The monoisotopic (exact) mass is 484 g/mol. The van der Waals surface area contributed by atoms with Crippen LogP contribution in [0.3, 0.4) is 0 Å². The summed E-state index contributed by atoms with van der Waals surface area (Å²) in [6, 6.07) is 15.0. The van der Waals surface area contributed by atoms with Crippen molar-refractivity contribution in [3.63, 3.8) is 0 Å². The first-order chi connectivity index (χ1) is 17.5. The maximum Gasteiger partial charge on any atom is 0.305 e. The molecule has 3 aromatic rings. The molecular weight excluding hydrogens is 460 g/mol. The molecule has 36 heavy (non-hydrogen) atoms. The molecule has 0 saturated heterocycles. The predicted octanol–water partition coefficient (Wildman–Crippen LogP) is 2.88. The van der Waals surface area contributed by atoms with E-state index in [-0.39, 0.29) is 24.8 Å². The van der Waals surface area contributed by atoms with E-state index < -0.39 is 12.0 Å². The van der Waals surface area contributed by atoms with Gasteiger partial charge in [0, 0.05) is 48.0 Å².